The first kappa shape index (κ1) is 23.1. The standard InChI is InChI=1S/C18H41N5O/c1-16(2)23(17(3)4)13-8-10-20-18(19-5)21-11-14-22(6)12-9-15-24-7/h16-17H,8-15H2,1-7H3,(H2,19,20,21). The Hall–Kier alpha value is -0.850. The second-order valence-corrected chi connectivity index (χ2v) is 6.85. The van der Waals surface area contributed by atoms with Crippen LogP contribution in [0.3, 0.4) is 0 Å². The van der Waals surface area contributed by atoms with Crippen LogP contribution in [-0.4, -0.2) is 88.4 Å². The van der Waals surface area contributed by atoms with Crippen molar-refractivity contribution in [1.29, 1.82) is 0 Å². The van der Waals surface area contributed by atoms with Gasteiger partial charge in [0, 0.05) is 65.6 Å². The van der Waals surface area contributed by atoms with Gasteiger partial charge in [-0.05, 0) is 47.6 Å². The molecule has 0 aromatic rings. The Morgan fingerprint density at radius 3 is 2.12 bits per heavy atom. The van der Waals surface area contributed by atoms with Crippen LogP contribution >= 0.6 is 0 Å². The van der Waals surface area contributed by atoms with Crippen molar-refractivity contribution in [2.45, 2.75) is 52.6 Å². The SMILES string of the molecule is CN=C(NCCCN(C(C)C)C(C)C)NCCN(C)CCCOC. The van der Waals surface area contributed by atoms with Gasteiger partial charge in [-0.3, -0.25) is 9.89 Å². The van der Waals surface area contributed by atoms with Crippen molar-refractivity contribution in [3.05, 3.63) is 0 Å². The minimum atomic E-state index is 0.594. The summed E-state index contributed by atoms with van der Waals surface area (Å²) in [6, 6.07) is 1.19. The zero-order chi connectivity index (χ0) is 18.4. The smallest absolute Gasteiger partial charge is 0.191 e. The van der Waals surface area contributed by atoms with Crippen LogP contribution in [0.1, 0.15) is 40.5 Å². The molecular weight excluding hydrogens is 302 g/mol. The van der Waals surface area contributed by atoms with Crippen molar-refractivity contribution in [3.8, 4) is 0 Å². The summed E-state index contributed by atoms with van der Waals surface area (Å²) < 4.78 is 5.08. The highest BCUT2D eigenvalue weighted by Gasteiger charge is 2.12. The normalized spacial score (nSPS) is 12.7. The minimum Gasteiger partial charge on any atom is -0.385 e. The molecule has 0 fully saturated rings. The molecule has 0 aliphatic rings. The largest absolute Gasteiger partial charge is 0.385 e. The third kappa shape index (κ3) is 11.6. The molecule has 0 rings (SSSR count). The molecule has 0 amide bonds. The number of hydrogen-bond donors (Lipinski definition) is 2. The van der Waals surface area contributed by atoms with Crippen LogP contribution in [0.15, 0.2) is 4.99 Å². The van der Waals surface area contributed by atoms with E-state index in [4.69, 9.17) is 4.74 Å². The number of ether oxygens (including phenoxy) is 1. The highest BCUT2D eigenvalue weighted by atomic mass is 16.5. The lowest BCUT2D eigenvalue weighted by molar-refractivity contribution is 0.173. The lowest BCUT2D eigenvalue weighted by atomic mass is 10.2. The van der Waals surface area contributed by atoms with Crippen LogP contribution in [0.4, 0.5) is 0 Å². The van der Waals surface area contributed by atoms with E-state index >= 15 is 0 Å². The van der Waals surface area contributed by atoms with Crippen LogP contribution in [0.5, 0.6) is 0 Å². The quantitative estimate of drug-likeness (QED) is 0.302. The first-order chi connectivity index (χ1) is 11.4. The summed E-state index contributed by atoms with van der Waals surface area (Å²) in [5, 5.41) is 6.78. The van der Waals surface area contributed by atoms with Crippen molar-refractivity contribution >= 4 is 5.96 Å². The van der Waals surface area contributed by atoms with Crippen LogP contribution in [0.2, 0.25) is 0 Å². The summed E-state index contributed by atoms with van der Waals surface area (Å²) >= 11 is 0. The van der Waals surface area contributed by atoms with Gasteiger partial charge in [-0.2, -0.15) is 0 Å². The third-order valence-electron chi connectivity index (χ3n) is 4.11. The van der Waals surface area contributed by atoms with Gasteiger partial charge in [0.15, 0.2) is 5.96 Å². The summed E-state index contributed by atoms with van der Waals surface area (Å²) in [5.74, 6) is 0.890. The molecule has 0 heterocycles. The fourth-order valence-corrected chi connectivity index (χ4v) is 2.76. The maximum atomic E-state index is 5.08. The topological polar surface area (TPSA) is 52.1 Å². The van der Waals surface area contributed by atoms with Gasteiger partial charge < -0.3 is 20.3 Å². The van der Waals surface area contributed by atoms with Crippen LogP contribution in [-0.2, 0) is 4.74 Å². The zero-order valence-corrected chi connectivity index (χ0v) is 17.1. The fourth-order valence-electron chi connectivity index (χ4n) is 2.76. The molecule has 144 valence electrons. The van der Waals surface area contributed by atoms with Gasteiger partial charge in [0.2, 0.25) is 0 Å². The zero-order valence-electron chi connectivity index (χ0n) is 17.1. The molecule has 0 aliphatic carbocycles. The highest BCUT2D eigenvalue weighted by molar-refractivity contribution is 5.79. The summed E-state index contributed by atoms with van der Waals surface area (Å²) in [6.07, 6.45) is 2.19. The Balaban J connectivity index is 3.84. The number of rotatable bonds is 13. The van der Waals surface area contributed by atoms with Gasteiger partial charge in [-0.15, -0.1) is 0 Å². The maximum Gasteiger partial charge on any atom is 0.191 e. The minimum absolute atomic E-state index is 0.594. The van der Waals surface area contributed by atoms with Crippen molar-refractivity contribution in [2.24, 2.45) is 4.99 Å². The molecule has 0 bridgehead atoms. The number of likely N-dealkylation sites (N-methyl/N-ethyl adjacent to an activating group) is 1. The monoisotopic (exact) mass is 343 g/mol. The van der Waals surface area contributed by atoms with Gasteiger partial charge in [-0.25, -0.2) is 0 Å². The molecule has 0 atom stereocenters. The van der Waals surface area contributed by atoms with Crippen molar-refractivity contribution in [2.75, 3.05) is 60.5 Å². The fraction of sp³-hybridized carbons (Fsp3) is 0.944. The molecule has 0 aromatic heterocycles. The molecule has 0 radical (unpaired) electrons. The first-order valence-corrected chi connectivity index (χ1v) is 9.30. The number of aliphatic imine (C=N–C) groups is 1. The first-order valence-electron chi connectivity index (χ1n) is 9.30. The number of nitrogens with zero attached hydrogens (tertiary/aromatic N) is 3. The predicted octanol–water partition coefficient (Wildman–Crippen LogP) is 1.63. The van der Waals surface area contributed by atoms with E-state index in [1.54, 1.807) is 7.11 Å². The predicted molar refractivity (Wildman–Crippen MR) is 105 cm³/mol. The van der Waals surface area contributed by atoms with Crippen LogP contribution in [0, 0.1) is 0 Å². The molecule has 0 saturated heterocycles. The van der Waals surface area contributed by atoms with E-state index in [0.717, 1.165) is 58.1 Å². The van der Waals surface area contributed by atoms with E-state index in [1.165, 1.54) is 0 Å². The number of methoxy groups -OCH3 is 1. The Bertz CT molecular complexity index is 313. The van der Waals surface area contributed by atoms with Crippen molar-refractivity contribution in [3.63, 3.8) is 0 Å². The van der Waals surface area contributed by atoms with E-state index < -0.39 is 0 Å². The Morgan fingerprint density at radius 1 is 0.958 bits per heavy atom. The van der Waals surface area contributed by atoms with E-state index in [-0.39, 0.29) is 0 Å². The average Bonchev–Trinajstić information content (AvgIpc) is 2.52. The van der Waals surface area contributed by atoms with Crippen LogP contribution in [0.25, 0.3) is 0 Å². The molecule has 6 nitrogen and oxygen atoms in total. The van der Waals surface area contributed by atoms with Gasteiger partial charge in [0.25, 0.3) is 0 Å². The average molecular weight is 344 g/mol. The molecule has 2 N–H and O–H groups in total. The Kier molecular flexibility index (Phi) is 14.0. The highest BCUT2D eigenvalue weighted by Crippen LogP contribution is 2.05. The molecule has 0 aromatic carbocycles. The number of hydrogen-bond acceptors (Lipinski definition) is 4. The maximum absolute atomic E-state index is 5.08. The summed E-state index contributed by atoms with van der Waals surface area (Å²) in [5.41, 5.74) is 0. The third-order valence-corrected chi connectivity index (χ3v) is 4.11. The van der Waals surface area contributed by atoms with E-state index in [2.05, 4.69) is 60.2 Å². The number of guanidine groups is 1. The molecule has 0 unspecified atom stereocenters. The van der Waals surface area contributed by atoms with Crippen molar-refractivity contribution < 1.29 is 4.74 Å². The van der Waals surface area contributed by atoms with Crippen LogP contribution < -0.4 is 10.6 Å². The summed E-state index contributed by atoms with van der Waals surface area (Å²) in [6.45, 7) is 14.9. The second-order valence-electron chi connectivity index (χ2n) is 6.85. The Morgan fingerprint density at radius 2 is 1.58 bits per heavy atom. The van der Waals surface area contributed by atoms with E-state index in [9.17, 15) is 0 Å². The molecule has 0 aliphatic heterocycles. The van der Waals surface area contributed by atoms with Gasteiger partial charge in [0.05, 0.1) is 0 Å². The molecule has 6 heteroatoms. The summed E-state index contributed by atoms with van der Waals surface area (Å²) in [4.78, 5) is 9.12. The number of nitrogens with one attached hydrogen (secondary N) is 2. The molecular formula is C18H41N5O. The van der Waals surface area contributed by atoms with E-state index in [0.29, 0.717) is 12.1 Å². The molecule has 0 saturated carbocycles. The van der Waals surface area contributed by atoms with E-state index in [1.807, 2.05) is 7.05 Å². The van der Waals surface area contributed by atoms with Gasteiger partial charge >= 0.3 is 0 Å². The molecule has 24 heavy (non-hydrogen) atoms. The Labute approximate surface area is 150 Å². The lowest BCUT2D eigenvalue weighted by Gasteiger charge is -2.30. The van der Waals surface area contributed by atoms with Crippen molar-refractivity contribution in [1.82, 2.24) is 20.4 Å². The summed E-state index contributed by atoms with van der Waals surface area (Å²) in [7, 11) is 5.71. The van der Waals surface area contributed by atoms with Gasteiger partial charge in [-0.1, -0.05) is 0 Å². The van der Waals surface area contributed by atoms with Gasteiger partial charge in [0.1, 0.15) is 0 Å². The lowest BCUT2D eigenvalue weighted by Crippen LogP contribution is -2.43. The molecule has 0 spiro atoms. The second kappa shape index (κ2) is 14.5.